The first-order valence-electron chi connectivity index (χ1n) is 8.28. The van der Waals surface area contributed by atoms with Gasteiger partial charge in [-0.3, -0.25) is 9.59 Å². The van der Waals surface area contributed by atoms with Crippen LogP contribution in [0.15, 0.2) is 0 Å². The highest BCUT2D eigenvalue weighted by molar-refractivity contribution is 5.87. The Hall–Kier alpha value is -1.10. The number of hydrogen-bond donors (Lipinski definition) is 3. The van der Waals surface area contributed by atoms with E-state index in [2.05, 4.69) is 10.6 Å². The minimum absolute atomic E-state index is 0.0429. The minimum Gasteiger partial charge on any atom is -0.391 e. The molecule has 2 atom stereocenters. The van der Waals surface area contributed by atoms with E-state index in [1.54, 1.807) is 6.92 Å². The van der Waals surface area contributed by atoms with Crippen LogP contribution in [0.2, 0.25) is 0 Å². The van der Waals surface area contributed by atoms with Crippen molar-refractivity contribution in [2.24, 2.45) is 5.92 Å². The molecule has 0 radical (unpaired) electrons. The number of carbonyl (C=O) groups excluding carboxylic acids is 2. The van der Waals surface area contributed by atoms with Crippen molar-refractivity contribution in [2.75, 3.05) is 6.54 Å². The van der Waals surface area contributed by atoms with E-state index in [1.807, 2.05) is 6.92 Å². The average molecular weight is 298 g/mol. The molecule has 0 aromatic heterocycles. The number of aliphatic hydroxyl groups is 1. The summed E-state index contributed by atoms with van der Waals surface area (Å²) in [5.41, 5.74) is 0. The highest BCUT2D eigenvalue weighted by atomic mass is 16.3. The zero-order valence-corrected chi connectivity index (χ0v) is 13.4. The van der Waals surface area contributed by atoms with Crippen LogP contribution < -0.4 is 10.6 Å². The normalized spacial score (nSPS) is 18.8. The Kier molecular flexibility index (Phi) is 8.35. The topological polar surface area (TPSA) is 78.4 Å². The van der Waals surface area contributed by atoms with Gasteiger partial charge in [0.2, 0.25) is 11.8 Å². The van der Waals surface area contributed by atoms with Gasteiger partial charge in [0.05, 0.1) is 6.10 Å². The van der Waals surface area contributed by atoms with Crippen molar-refractivity contribution in [1.82, 2.24) is 10.6 Å². The predicted octanol–water partition coefficient (Wildman–Crippen LogP) is 1.74. The predicted molar refractivity (Wildman–Crippen MR) is 82.7 cm³/mol. The van der Waals surface area contributed by atoms with Crippen LogP contribution in [0.4, 0.5) is 0 Å². The van der Waals surface area contributed by atoms with Crippen LogP contribution in [0.25, 0.3) is 0 Å². The zero-order valence-electron chi connectivity index (χ0n) is 13.4. The van der Waals surface area contributed by atoms with Crippen LogP contribution in [0.5, 0.6) is 0 Å². The Morgan fingerprint density at radius 3 is 2.52 bits per heavy atom. The van der Waals surface area contributed by atoms with E-state index in [-0.39, 0.29) is 18.4 Å². The zero-order chi connectivity index (χ0) is 15.7. The Morgan fingerprint density at radius 2 is 1.90 bits per heavy atom. The molecule has 3 N–H and O–H groups in total. The summed E-state index contributed by atoms with van der Waals surface area (Å²) in [6, 6.07) is -0.546. The second kappa shape index (κ2) is 9.77. The summed E-state index contributed by atoms with van der Waals surface area (Å²) < 4.78 is 0. The standard InChI is InChI=1S/C16H30N2O3/c1-3-7-14(19)11-17-16(21)12(2)18-15(20)10-13-8-5-4-6-9-13/h12-14,19H,3-11H2,1-2H3,(H,17,21)(H,18,20). The molecule has 0 spiro atoms. The van der Waals surface area contributed by atoms with Gasteiger partial charge in [-0.2, -0.15) is 0 Å². The molecular formula is C16H30N2O3. The highest BCUT2D eigenvalue weighted by Gasteiger charge is 2.20. The lowest BCUT2D eigenvalue weighted by Gasteiger charge is -2.22. The summed E-state index contributed by atoms with van der Waals surface area (Å²) in [6.45, 7) is 3.91. The number of nitrogens with one attached hydrogen (secondary N) is 2. The molecule has 5 nitrogen and oxygen atoms in total. The molecule has 0 aromatic carbocycles. The van der Waals surface area contributed by atoms with E-state index in [0.29, 0.717) is 18.8 Å². The van der Waals surface area contributed by atoms with Crippen molar-refractivity contribution >= 4 is 11.8 Å². The van der Waals surface area contributed by atoms with Gasteiger partial charge in [0.1, 0.15) is 6.04 Å². The van der Waals surface area contributed by atoms with Gasteiger partial charge in [0.25, 0.3) is 0 Å². The van der Waals surface area contributed by atoms with E-state index >= 15 is 0 Å². The summed E-state index contributed by atoms with van der Waals surface area (Å²) in [6.07, 6.45) is 7.51. The third-order valence-electron chi connectivity index (χ3n) is 4.10. The molecule has 2 amide bonds. The molecule has 0 saturated heterocycles. The minimum atomic E-state index is -0.546. The van der Waals surface area contributed by atoms with Gasteiger partial charge in [-0.25, -0.2) is 0 Å². The van der Waals surface area contributed by atoms with Gasteiger partial charge in [-0.15, -0.1) is 0 Å². The van der Waals surface area contributed by atoms with Gasteiger partial charge >= 0.3 is 0 Å². The maximum Gasteiger partial charge on any atom is 0.242 e. The van der Waals surface area contributed by atoms with Gasteiger partial charge in [-0.1, -0.05) is 32.6 Å². The first kappa shape index (κ1) is 18.0. The van der Waals surface area contributed by atoms with Crippen molar-refractivity contribution in [3.8, 4) is 0 Å². The number of amides is 2. The molecule has 1 saturated carbocycles. The van der Waals surface area contributed by atoms with Crippen LogP contribution in [-0.2, 0) is 9.59 Å². The van der Waals surface area contributed by atoms with Crippen LogP contribution in [0, 0.1) is 5.92 Å². The molecule has 0 aliphatic heterocycles. The van der Waals surface area contributed by atoms with Gasteiger partial charge in [-0.05, 0) is 32.1 Å². The molecule has 0 aromatic rings. The summed E-state index contributed by atoms with van der Waals surface area (Å²) in [4.78, 5) is 23.8. The van der Waals surface area contributed by atoms with Gasteiger partial charge in [0, 0.05) is 13.0 Å². The summed E-state index contributed by atoms with van der Waals surface area (Å²) in [7, 11) is 0. The SMILES string of the molecule is CCCC(O)CNC(=O)C(C)NC(=O)CC1CCCCC1. The first-order valence-corrected chi connectivity index (χ1v) is 8.28. The van der Waals surface area contributed by atoms with Crippen molar-refractivity contribution in [1.29, 1.82) is 0 Å². The molecule has 1 aliphatic carbocycles. The molecule has 0 heterocycles. The van der Waals surface area contributed by atoms with Gasteiger partial charge < -0.3 is 15.7 Å². The number of hydrogen-bond acceptors (Lipinski definition) is 3. The molecule has 122 valence electrons. The Labute approximate surface area is 127 Å². The molecule has 1 fully saturated rings. The van der Waals surface area contributed by atoms with E-state index in [4.69, 9.17) is 0 Å². The number of aliphatic hydroxyl groups excluding tert-OH is 1. The quantitative estimate of drug-likeness (QED) is 0.638. The van der Waals surface area contributed by atoms with E-state index in [1.165, 1.54) is 19.3 Å². The molecule has 1 aliphatic rings. The number of rotatable bonds is 8. The largest absolute Gasteiger partial charge is 0.391 e. The molecule has 1 rings (SSSR count). The fourth-order valence-electron chi connectivity index (χ4n) is 2.83. The van der Waals surface area contributed by atoms with Crippen molar-refractivity contribution in [2.45, 2.75) is 77.4 Å². The van der Waals surface area contributed by atoms with Crippen molar-refractivity contribution in [3.05, 3.63) is 0 Å². The first-order chi connectivity index (χ1) is 10.0. The van der Waals surface area contributed by atoms with Gasteiger partial charge in [0.15, 0.2) is 0 Å². The van der Waals surface area contributed by atoms with E-state index < -0.39 is 12.1 Å². The Bertz CT molecular complexity index is 327. The van der Waals surface area contributed by atoms with Crippen LogP contribution in [0.1, 0.15) is 65.2 Å². The average Bonchev–Trinajstić information content (AvgIpc) is 2.45. The maximum absolute atomic E-state index is 11.9. The molecule has 5 heteroatoms. The Morgan fingerprint density at radius 1 is 1.24 bits per heavy atom. The van der Waals surface area contributed by atoms with Crippen LogP contribution in [0.3, 0.4) is 0 Å². The lowest BCUT2D eigenvalue weighted by molar-refractivity contribution is -0.129. The summed E-state index contributed by atoms with van der Waals surface area (Å²) >= 11 is 0. The fraction of sp³-hybridized carbons (Fsp3) is 0.875. The maximum atomic E-state index is 11.9. The lowest BCUT2D eigenvalue weighted by atomic mass is 9.87. The molecule has 0 bridgehead atoms. The molecule has 2 unspecified atom stereocenters. The van der Waals surface area contributed by atoms with E-state index in [9.17, 15) is 14.7 Å². The second-order valence-electron chi connectivity index (χ2n) is 6.19. The summed E-state index contributed by atoms with van der Waals surface area (Å²) in [5.74, 6) is 0.196. The van der Waals surface area contributed by atoms with Crippen LogP contribution >= 0.6 is 0 Å². The van der Waals surface area contributed by atoms with Crippen molar-refractivity contribution < 1.29 is 14.7 Å². The van der Waals surface area contributed by atoms with Crippen molar-refractivity contribution in [3.63, 3.8) is 0 Å². The second-order valence-corrected chi connectivity index (χ2v) is 6.19. The smallest absolute Gasteiger partial charge is 0.242 e. The monoisotopic (exact) mass is 298 g/mol. The fourth-order valence-corrected chi connectivity index (χ4v) is 2.83. The summed E-state index contributed by atoms with van der Waals surface area (Å²) in [5, 5.41) is 15.0. The third kappa shape index (κ3) is 7.46. The lowest BCUT2D eigenvalue weighted by Crippen LogP contribution is -2.46. The Balaban J connectivity index is 2.22. The molecular weight excluding hydrogens is 268 g/mol. The van der Waals surface area contributed by atoms with E-state index in [0.717, 1.165) is 19.3 Å². The molecule has 21 heavy (non-hydrogen) atoms. The third-order valence-corrected chi connectivity index (χ3v) is 4.10. The van der Waals surface area contributed by atoms with Crippen LogP contribution in [-0.4, -0.2) is 35.6 Å². The highest BCUT2D eigenvalue weighted by Crippen LogP contribution is 2.26. The number of carbonyl (C=O) groups is 2.